The van der Waals surface area contributed by atoms with Gasteiger partial charge in [-0.1, -0.05) is 88.7 Å². The monoisotopic (exact) mass is 539 g/mol. The zero-order valence-corrected chi connectivity index (χ0v) is 24.2. The van der Waals surface area contributed by atoms with Crippen molar-refractivity contribution in [3.05, 3.63) is 108 Å². The van der Waals surface area contributed by atoms with E-state index in [-0.39, 0.29) is 23.5 Å². The second-order valence-electron chi connectivity index (χ2n) is 11.1. The van der Waals surface area contributed by atoms with Gasteiger partial charge in [0.15, 0.2) is 5.82 Å². The molecule has 7 heteroatoms. The first-order valence-electron chi connectivity index (χ1n) is 14.0. The largest absolute Gasteiger partial charge is 0.469 e. The maximum atomic E-state index is 11.6. The van der Waals surface area contributed by atoms with Crippen molar-refractivity contribution in [2.75, 3.05) is 19.0 Å². The summed E-state index contributed by atoms with van der Waals surface area (Å²) in [7, 11) is 1.42. The van der Waals surface area contributed by atoms with Crippen LogP contribution >= 0.6 is 0 Å². The highest BCUT2D eigenvalue weighted by atomic mass is 16.5. The first kappa shape index (κ1) is 29.0. The number of nitrogens with one attached hydrogen (secondary N) is 2. The van der Waals surface area contributed by atoms with Crippen LogP contribution in [-0.4, -0.2) is 34.4 Å². The second-order valence-corrected chi connectivity index (χ2v) is 11.1. The summed E-state index contributed by atoms with van der Waals surface area (Å²) in [5.74, 6) is 0.578. The predicted molar refractivity (Wildman–Crippen MR) is 161 cm³/mol. The normalized spacial score (nSPS) is 13.0. The van der Waals surface area contributed by atoms with E-state index in [2.05, 4.69) is 90.9 Å². The summed E-state index contributed by atoms with van der Waals surface area (Å²) in [5.41, 5.74) is 5.72. The molecule has 2 N–H and O–H groups in total. The molecule has 40 heavy (non-hydrogen) atoms. The topological polar surface area (TPSA) is 81.1 Å². The number of carbonyl (C=O) groups is 1. The van der Waals surface area contributed by atoms with E-state index in [1.807, 2.05) is 47.5 Å². The lowest BCUT2D eigenvalue weighted by Gasteiger charge is -2.23. The number of ether oxygens (including phenoxy) is 1. The highest BCUT2D eigenvalue weighted by Crippen LogP contribution is 2.28. The number of carbonyl (C=O) groups excluding carboxylic acids is 1. The van der Waals surface area contributed by atoms with Gasteiger partial charge in [-0.15, -0.1) is 0 Å². The minimum atomic E-state index is -0.218. The van der Waals surface area contributed by atoms with Crippen molar-refractivity contribution in [3.8, 4) is 5.82 Å². The third-order valence-corrected chi connectivity index (χ3v) is 7.06. The fourth-order valence-corrected chi connectivity index (χ4v) is 4.67. The van der Waals surface area contributed by atoms with Crippen LogP contribution in [0.25, 0.3) is 5.82 Å². The number of benzene rings is 2. The molecule has 0 aliphatic rings. The predicted octanol–water partition coefficient (Wildman–Crippen LogP) is 6.76. The first-order chi connectivity index (χ1) is 19.3. The molecule has 7 nitrogen and oxygen atoms in total. The van der Waals surface area contributed by atoms with Gasteiger partial charge in [0, 0.05) is 12.7 Å². The number of esters is 1. The molecule has 210 valence electrons. The number of aromatic nitrogens is 3. The number of rotatable bonds is 12. The van der Waals surface area contributed by atoms with Crippen molar-refractivity contribution in [3.63, 3.8) is 0 Å². The molecule has 2 unspecified atom stereocenters. The van der Waals surface area contributed by atoms with Crippen molar-refractivity contribution in [2.24, 2.45) is 0 Å². The Labute approximate surface area is 238 Å². The van der Waals surface area contributed by atoms with Gasteiger partial charge in [-0.25, -0.2) is 9.67 Å². The van der Waals surface area contributed by atoms with E-state index < -0.39 is 0 Å². The fraction of sp³-hybridized carbons (Fsp3) is 0.364. The van der Waals surface area contributed by atoms with Crippen LogP contribution in [0.5, 0.6) is 0 Å². The van der Waals surface area contributed by atoms with Crippen molar-refractivity contribution in [2.45, 2.75) is 64.5 Å². The van der Waals surface area contributed by atoms with Gasteiger partial charge in [0.25, 0.3) is 0 Å². The first-order valence-corrected chi connectivity index (χ1v) is 14.0. The summed E-state index contributed by atoms with van der Waals surface area (Å²) in [5, 5.41) is 11.7. The van der Waals surface area contributed by atoms with Crippen LogP contribution in [0.3, 0.4) is 0 Å². The van der Waals surface area contributed by atoms with Gasteiger partial charge in [-0.2, -0.15) is 5.10 Å². The standard InChI is InChI=1S/C33H41N5O2/c1-6-10-29(37-28-17-18-30(35-22-28)38-23-27(21-36-38)33(2,3)4)24-13-15-26(16-14-24)32(25-11-8-7-9-12-25)34-20-19-31(39)40-5/h7-9,11-18,21-23,29,32,34,37H,6,10,19-20H2,1-5H3. The third-order valence-electron chi connectivity index (χ3n) is 7.06. The van der Waals surface area contributed by atoms with Gasteiger partial charge in [-0.05, 0) is 46.2 Å². The Hall–Kier alpha value is -3.97. The molecule has 0 bridgehead atoms. The Morgan fingerprint density at radius 3 is 2.25 bits per heavy atom. The van der Waals surface area contributed by atoms with E-state index in [1.165, 1.54) is 18.2 Å². The number of methoxy groups -OCH3 is 1. The van der Waals surface area contributed by atoms with Crippen molar-refractivity contribution < 1.29 is 9.53 Å². The lowest BCUT2D eigenvalue weighted by Crippen LogP contribution is -2.25. The minimum absolute atomic E-state index is 0.0182. The summed E-state index contributed by atoms with van der Waals surface area (Å²) in [6.45, 7) is 9.27. The quantitative estimate of drug-likeness (QED) is 0.194. The van der Waals surface area contributed by atoms with E-state index >= 15 is 0 Å². The van der Waals surface area contributed by atoms with Crippen LogP contribution in [0.2, 0.25) is 0 Å². The molecule has 0 saturated heterocycles. The maximum absolute atomic E-state index is 11.6. The Kier molecular flexibility index (Phi) is 9.72. The second kappa shape index (κ2) is 13.4. The molecule has 0 aliphatic carbocycles. The molecular formula is C33H41N5O2. The molecule has 0 aliphatic heterocycles. The molecule has 2 atom stereocenters. The molecule has 0 radical (unpaired) electrons. The van der Waals surface area contributed by atoms with Crippen LogP contribution in [-0.2, 0) is 14.9 Å². The van der Waals surface area contributed by atoms with Crippen LogP contribution in [0.15, 0.2) is 85.3 Å². The van der Waals surface area contributed by atoms with E-state index in [0.29, 0.717) is 13.0 Å². The number of pyridine rings is 1. The molecule has 2 aromatic carbocycles. The molecule has 2 heterocycles. The molecule has 4 aromatic rings. The van der Waals surface area contributed by atoms with Gasteiger partial charge < -0.3 is 15.4 Å². The smallest absolute Gasteiger partial charge is 0.306 e. The Bertz CT molecular complexity index is 1340. The van der Waals surface area contributed by atoms with Crippen molar-refractivity contribution >= 4 is 11.7 Å². The zero-order chi connectivity index (χ0) is 28.5. The molecule has 4 rings (SSSR count). The molecule has 0 amide bonds. The molecule has 0 saturated carbocycles. The molecule has 2 aromatic heterocycles. The lowest BCUT2D eigenvalue weighted by molar-refractivity contribution is -0.140. The number of hydrogen-bond donors (Lipinski definition) is 2. The van der Waals surface area contributed by atoms with Crippen molar-refractivity contribution in [1.82, 2.24) is 20.1 Å². The summed E-state index contributed by atoms with van der Waals surface area (Å²) in [6.07, 6.45) is 8.20. The fourth-order valence-electron chi connectivity index (χ4n) is 4.67. The minimum Gasteiger partial charge on any atom is -0.469 e. The average molecular weight is 540 g/mol. The summed E-state index contributed by atoms with van der Waals surface area (Å²) < 4.78 is 6.63. The van der Waals surface area contributed by atoms with Gasteiger partial charge in [-0.3, -0.25) is 4.79 Å². The van der Waals surface area contributed by atoms with Gasteiger partial charge in [0.2, 0.25) is 0 Å². The van der Waals surface area contributed by atoms with Crippen molar-refractivity contribution in [1.29, 1.82) is 0 Å². The van der Waals surface area contributed by atoms with Gasteiger partial charge in [0.1, 0.15) is 0 Å². The number of hydrogen-bond acceptors (Lipinski definition) is 6. The summed E-state index contributed by atoms with van der Waals surface area (Å²) in [6, 6.07) is 23.2. The molecular weight excluding hydrogens is 498 g/mol. The number of nitrogens with zero attached hydrogens (tertiary/aromatic N) is 3. The zero-order valence-electron chi connectivity index (χ0n) is 24.2. The van der Waals surface area contributed by atoms with Crippen LogP contribution in [0.1, 0.15) is 81.3 Å². The number of anilines is 1. The highest BCUT2D eigenvalue weighted by Gasteiger charge is 2.18. The van der Waals surface area contributed by atoms with E-state index in [9.17, 15) is 4.79 Å². The lowest BCUT2D eigenvalue weighted by atomic mass is 9.90. The third kappa shape index (κ3) is 7.57. The summed E-state index contributed by atoms with van der Waals surface area (Å²) in [4.78, 5) is 16.3. The van der Waals surface area contributed by atoms with E-state index in [0.717, 1.165) is 35.5 Å². The van der Waals surface area contributed by atoms with Crippen LogP contribution < -0.4 is 10.6 Å². The Morgan fingerprint density at radius 1 is 0.950 bits per heavy atom. The highest BCUT2D eigenvalue weighted by molar-refractivity contribution is 5.69. The average Bonchev–Trinajstić information content (AvgIpc) is 3.47. The van der Waals surface area contributed by atoms with Crippen LogP contribution in [0.4, 0.5) is 5.69 Å². The molecule has 0 fully saturated rings. The van der Waals surface area contributed by atoms with E-state index in [4.69, 9.17) is 4.74 Å². The van der Waals surface area contributed by atoms with Crippen LogP contribution in [0, 0.1) is 0 Å². The Balaban J connectivity index is 1.48. The maximum Gasteiger partial charge on any atom is 0.306 e. The molecule has 0 spiro atoms. The van der Waals surface area contributed by atoms with E-state index in [1.54, 1.807) is 0 Å². The SMILES string of the molecule is CCCC(Nc1ccc(-n2cc(C(C)(C)C)cn2)nc1)c1ccc(C(NCCC(=O)OC)c2ccccc2)cc1. The Morgan fingerprint density at radius 2 is 1.65 bits per heavy atom. The van der Waals surface area contributed by atoms with Gasteiger partial charge >= 0.3 is 5.97 Å². The summed E-state index contributed by atoms with van der Waals surface area (Å²) >= 11 is 0. The van der Waals surface area contributed by atoms with Gasteiger partial charge in [0.05, 0.1) is 43.7 Å².